The molecule has 5 heteroatoms. The van der Waals surface area contributed by atoms with Crippen molar-refractivity contribution in [2.45, 2.75) is 32.9 Å². The van der Waals surface area contributed by atoms with Gasteiger partial charge in [-0.15, -0.1) is 0 Å². The van der Waals surface area contributed by atoms with E-state index in [9.17, 15) is 10.1 Å². The summed E-state index contributed by atoms with van der Waals surface area (Å²) in [6, 6.07) is 13.9. The zero-order valence-electron chi connectivity index (χ0n) is 14.5. The third kappa shape index (κ3) is 5.47. The van der Waals surface area contributed by atoms with Gasteiger partial charge in [0.1, 0.15) is 11.6 Å². The van der Waals surface area contributed by atoms with Crippen LogP contribution in [0.25, 0.3) is 0 Å². The molecule has 5 nitrogen and oxygen atoms in total. The van der Waals surface area contributed by atoms with Gasteiger partial charge in [-0.3, -0.25) is 9.78 Å². The van der Waals surface area contributed by atoms with Crippen LogP contribution in [0.5, 0.6) is 0 Å². The summed E-state index contributed by atoms with van der Waals surface area (Å²) >= 11 is 0. The lowest BCUT2D eigenvalue weighted by Crippen LogP contribution is -2.25. The second-order valence-electron chi connectivity index (χ2n) is 5.70. The van der Waals surface area contributed by atoms with Gasteiger partial charge in [-0.05, 0) is 36.1 Å². The Morgan fingerprint density at radius 1 is 1.28 bits per heavy atom. The summed E-state index contributed by atoms with van der Waals surface area (Å²) < 4.78 is 0. The van der Waals surface area contributed by atoms with Crippen molar-refractivity contribution in [3.63, 3.8) is 0 Å². The molecule has 0 aliphatic carbocycles. The van der Waals surface area contributed by atoms with Crippen LogP contribution < -0.4 is 10.6 Å². The number of carbonyl (C=O) groups excluding carboxylic acids is 1. The van der Waals surface area contributed by atoms with Crippen molar-refractivity contribution in [1.29, 1.82) is 5.26 Å². The second-order valence-corrected chi connectivity index (χ2v) is 5.70. The number of carbonyl (C=O) groups is 1. The van der Waals surface area contributed by atoms with E-state index in [4.69, 9.17) is 0 Å². The molecule has 1 heterocycles. The van der Waals surface area contributed by atoms with Crippen molar-refractivity contribution in [2.75, 3.05) is 0 Å². The van der Waals surface area contributed by atoms with Gasteiger partial charge >= 0.3 is 0 Å². The summed E-state index contributed by atoms with van der Waals surface area (Å²) in [4.78, 5) is 16.1. The van der Waals surface area contributed by atoms with Crippen LogP contribution in [-0.2, 0) is 17.8 Å². The van der Waals surface area contributed by atoms with Crippen LogP contribution in [0.1, 0.15) is 36.6 Å². The van der Waals surface area contributed by atoms with Crippen LogP contribution in [0, 0.1) is 11.3 Å². The quantitative estimate of drug-likeness (QED) is 0.603. The number of hydrogen-bond donors (Lipinski definition) is 2. The number of pyridine rings is 1. The van der Waals surface area contributed by atoms with Crippen molar-refractivity contribution in [1.82, 2.24) is 15.6 Å². The van der Waals surface area contributed by atoms with Crippen molar-refractivity contribution in [2.24, 2.45) is 0 Å². The summed E-state index contributed by atoms with van der Waals surface area (Å²) in [5.41, 5.74) is 3.30. The van der Waals surface area contributed by atoms with Crippen LogP contribution in [-0.4, -0.2) is 10.9 Å². The Bertz CT molecular complexity index is 761. The minimum atomic E-state index is -0.410. The fraction of sp³-hybridized carbons (Fsp3) is 0.250. The molecule has 25 heavy (non-hydrogen) atoms. The summed E-state index contributed by atoms with van der Waals surface area (Å²) in [5, 5.41) is 15.0. The van der Waals surface area contributed by atoms with Crippen LogP contribution >= 0.6 is 0 Å². The SMILES string of the molecule is CCc1ccc(C(C)N/C=C(/C#N)C(=O)NCc2cccnc2)cc1. The molecule has 0 aliphatic rings. The molecule has 1 amide bonds. The summed E-state index contributed by atoms with van der Waals surface area (Å²) in [5.74, 6) is -0.410. The molecule has 0 saturated heterocycles. The zero-order valence-corrected chi connectivity index (χ0v) is 14.5. The number of amides is 1. The minimum Gasteiger partial charge on any atom is -0.383 e. The highest BCUT2D eigenvalue weighted by atomic mass is 16.1. The van der Waals surface area contributed by atoms with E-state index in [1.165, 1.54) is 11.8 Å². The Labute approximate surface area is 148 Å². The smallest absolute Gasteiger partial charge is 0.263 e. The van der Waals surface area contributed by atoms with E-state index in [0.29, 0.717) is 6.54 Å². The molecular weight excluding hydrogens is 312 g/mol. The highest BCUT2D eigenvalue weighted by Crippen LogP contribution is 2.14. The third-order valence-corrected chi connectivity index (χ3v) is 3.91. The predicted octanol–water partition coefficient (Wildman–Crippen LogP) is 3.02. The standard InChI is InChI=1S/C20H22N4O/c1-3-16-6-8-18(9-7-16)15(2)23-14-19(11-21)20(25)24-13-17-5-4-10-22-12-17/h4-10,12,14-15,23H,3,13H2,1-2H3,(H,24,25)/b19-14-. The van der Waals surface area contributed by atoms with Gasteiger partial charge in [0.25, 0.3) is 5.91 Å². The van der Waals surface area contributed by atoms with Crippen LogP contribution in [0.2, 0.25) is 0 Å². The number of nitriles is 1. The summed E-state index contributed by atoms with van der Waals surface area (Å²) in [6.07, 6.45) is 5.81. The number of nitrogens with one attached hydrogen (secondary N) is 2. The lowest BCUT2D eigenvalue weighted by molar-refractivity contribution is -0.117. The maximum atomic E-state index is 12.1. The molecule has 0 aliphatic heterocycles. The van der Waals surface area contributed by atoms with E-state index in [-0.39, 0.29) is 11.6 Å². The molecule has 2 aromatic rings. The summed E-state index contributed by atoms with van der Waals surface area (Å²) in [6.45, 7) is 4.43. The first kappa shape index (κ1) is 18.2. The highest BCUT2D eigenvalue weighted by Gasteiger charge is 2.10. The minimum absolute atomic E-state index is 0.000351. The Morgan fingerprint density at radius 3 is 2.64 bits per heavy atom. The molecule has 0 fully saturated rings. The molecule has 128 valence electrons. The van der Waals surface area contributed by atoms with Gasteiger partial charge in [0.15, 0.2) is 0 Å². The van der Waals surface area contributed by atoms with Gasteiger partial charge in [-0.25, -0.2) is 0 Å². The molecule has 0 radical (unpaired) electrons. The average Bonchev–Trinajstić information content (AvgIpc) is 2.67. The zero-order chi connectivity index (χ0) is 18.1. The van der Waals surface area contributed by atoms with Gasteiger partial charge < -0.3 is 10.6 Å². The Kier molecular flexibility index (Phi) is 6.73. The number of hydrogen-bond acceptors (Lipinski definition) is 4. The largest absolute Gasteiger partial charge is 0.383 e. The van der Waals surface area contributed by atoms with E-state index < -0.39 is 5.91 Å². The molecule has 1 aromatic carbocycles. The molecule has 0 bridgehead atoms. The second kappa shape index (κ2) is 9.24. The first-order valence-electron chi connectivity index (χ1n) is 8.26. The van der Waals surface area contributed by atoms with Gasteiger partial charge in [-0.1, -0.05) is 37.3 Å². The first-order chi connectivity index (χ1) is 12.1. The molecule has 1 unspecified atom stereocenters. The van der Waals surface area contributed by atoms with Crippen LogP contribution in [0.15, 0.2) is 60.6 Å². The van der Waals surface area contributed by atoms with Gasteiger partial charge in [0.2, 0.25) is 0 Å². The lowest BCUT2D eigenvalue weighted by atomic mass is 10.1. The van der Waals surface area contributed by atoms with Crippen LogP contribution in [0.4, 0.5) is 0 Å². The number of benzene rings is 1. The van der Waals surface area contributed by atoms with E-state index in [1.54, 1.807) is 18.5 Å². The van der Waals surface area contributed by atoms with Gasteiger partial charge in [0.05, 0.1) is 0 Å². The first-order valence-corrected chi connectivity index (χ1v) is 8.26. The van der Waals surface area contributed by atoms with Crippen molar-refractivity contribution < 1.29 is 4.79 Å². The topological polar surface area (TPSA) is 77.8 Å². The number of aryl methyl sites for hydroxylation is 1. The summed E-state index contributed by atoms with van der Waals surface area (Å²) in [7, 11) is 0. The average molecular weight is 334 g/mol. The molecule has 0 spiro atoms. The van der Waals surface area contributed by atoms with Crippen LogP contribution in [0.3, 0.4) is 0 Å². The van der Waals surface area contributed by atoms with Gasteiger partial charge in [0, 0.05) is 31.2 Å². The fourth-order valence-corrected chi connectivity index (χ4v) is 2.28. The van der Waals surface area contributed by atoms with E-state index in [1.807, 2.05) is 19.1 Å². The molecule has 1 aromatic heterocycles. The normalized spacial score (nSPS) is 12.1. The highest BCUT2D eigenvalue weighted by molar-refractivity contribution is 5.97. The maximum Gasteiger partial charge on any atom is 0.263 e. The lowest BCUT2D eigenvalue weighted by Gasteiger charge is -2.13. The number of nitrogens with zero attached hydrogens (tertiary/aromatic N) is 2. The molecule has 2 rings (SSSR count). The Balaban J connectivity index is 1.94. The molecule has 0 saturated carbocycles. The molecule has 1 atom stereocenters. The Hall–Kier alpha value is -3.13. The van der Waals surface area contributed by atoms with E-state index >= 15 is 0 Å². The van der Waals surface area contributed by atoms with Gasteiger partial charge in [-0.2, -0.15) is 5.26 Å². The Morgan fingerprint density at radius 2 is 2.04 bits per heavy atom. The number of rotatable bonds is 7. The fourth-order valence-electron chi connectivity index (χ4n) is 2.28. The van der Waals surface area contributed by atoms with E-state index in [2.05, 4.69) is 46.8 Å². The van der Waals surface area contributed by atoms with E-state index in [0.717, 1.165) is 17.5 Å². The van der Waals surface area contributed by atoms with Crippen molar-refractivity contribution in [3.8, 4) is 6.07 Å². The van der Waals surface area contributed by atoms with Crippen molar-refractivity contribution in [3.05, 3.63) is 77.3 Å². The van der Waals surface area contributed by atoms with Crippen molar-refractivity contribution >= 4 is 5.91 Å². The third-order valence-electron chi connectivity index (χ3n) is 3.91. The monoisotopic (exact) mass is 334 g/mol. The predicted molar refractivity (Wildman–Crippen MR) is 97.2 cm³/mol. The molecular formula is C20H22N4O. The number of aromatic nitrogens is 1. The maximum absolute atomic E-state index is 12.1. The molecule has 2 N–H and O–H groups in total.